The van der Waals surface area contributed by atoms with Crippen molar-refractivity contribution >= 4 is 50.6 Å². The molecule has 0 atom stereocenters. The maximum atomic E-state index is 13.3. The number of carbonyl (C=O) groups is 3. The Bertz CT molecular complexity index is 1540. The molecule has 3 aromatic rings. The summed E-state index contributed by atoms with van der Waals surface area (Å²) in [6, 6.07) is 25.0. The van der Waals surface area contributed by atoms with Gasteiger partial charge in [0.1, 0.15) is 0 Å². The minimum Gasteiger partial charge on any atom is -0.369 e. The van der Waals surface area contributed by atoms with Gasteiger partial charge in [0.2, 0.25) is 10.0 Å². The van der Waals surface area contributed by atoms with Crippen LogP contribution < -0.4 is 10.2 Å². The molecule has 0 bridgehead atoms. The summed E-state index contributed by atoms with van der Waals surface area (Å²) in [7, 11) is -3.78. The molecule has 2 saturated heterocycles. The molecule has 0 aromatic heterocycles. The highest BCUT2D eigenvalue weighted by Crippen LogP contribution is 2.31. The van der Waals surface area contributed by atoms with Crippen LogP contribution in [0.1, 0.15) is 15.9 Å². The smallest absolute Gasteiger partial charge is 0.293 e. The Hall–Kier alpha value is -3.93. The fourth-order valence-corrected chi connectivity index (χ4v) is 6.88. The lowest BCUT2D eigenvalue weighted by molar-refractivity contribution is -0.122. The molecule has 40 heavy (non-hydrogen) atoms. The molecule has 2 fully saturated rings. The average Bonchev–Trinajstić information content (AvgIpc) is 3.25. The number of piperazine rings is 1. The van der Waals surface area contributed by atoms with Crippen molar-refractivity contribution in [2.24, 2.45) is 0 Å². The van der Waals surface area contributed by atoms with E-state index in [1.54, 1.807) is 6.08 Å². The molecule has 11 heteroatoms. The van der Waals surface area contributed by atoms with Gasteiger partial charge >= 0.3 is 0 Å². The predicted molar refractivity (Wildman–Crippen MR) is 155 cm³/mol. The molecular formula is C29H28N4O5S2. The van der Waals surface area contributed by atoms with Gasteiger partial charge in [-0.2, -0.15) is 4.31 Å². The number of nitrogens with zero attached hydrogens (tertiary/aromatic N) is 3. The second-order valence-corrected chi connectivity index (χ2v) is 12.2. The van der Waals surface area contributed by atoms with Gasteiger partial charge in [-0.1, -0.05) is 54.6 Å². The molecule has 0 spiro atoms. The van der Waals surface area contributed by atoms with Crippen LogP contribution in [0.15, 0.2) is 94.7 Å². The van der Waals surface area contributed by atoms with Crippen molar-refractivity contribution < 1.29 is 22.8 Å². The molecule has 3 aromatic carbocycles. The first-order valence-corrected chi connectivity index (χ1v) is 15.1. The SMILES string of the molecule is O=C(NCCN1C(=O)SC(=Cc2ccccc2)C1=O)c1cccc(S(=O)(=O)N2CCN(c3ccccc3)CC2)c1. The summed E-state index contributed by atoms with van der Waals surface area (Å²) in [5, 5.41) is 2.28. The molecule has 0 aliphatic carbocycles. The third-order valence-corrected chi connectivity index (χ3v) is 9.49. The largest absolute Gasteiger partial charge is 0.369 e. The molecule has 3 amide bonds. The third-order valence-electron chi connectivity index (χ3n) is 6.69. The van der Waals surface area contributed by atoms with E-state index in [-0.39, 0.29) is 23.5 Å². The number of imide groups is 1. The van der Waals surface area contributed by atoms with Crippen molar-refractivity contribution in [3.05, 3.63) is 101 Å². The highest BCUT2D eigenvalue weighted by atomic mass is 32.2. The second kappa shape index (κ2) is 12.1. The minimum absolute atomic E-state index is 0.00617. The van der Waals surface area contributed by atoms with E-state index >= 15 is 0 Å². The molecular weight excluding hydrogens is 548 g/mol. The highest BCUT2D eigenvalue weighted by molar-refractivity contribution is 8.18. The zero-order valence-corrected chi connectivity index (χ0v) is 23.2. The van der Waals surface area contributed by atoms with Crippen LogP contribution in [-0.2, 0) is 14.8 Å². The van der Waals surface area contributed by atoms with Crippen molar-refractivity contribution in [3.8, 4) is 0 Å². The summed E-state index contributed by atoms with van der Waals surface area (Å²) in [5.74, 6) is -0.897. The predicted octanol–water partition coefficient (Wildman–Crippen LogP) is 3.66. The number of amides is 3. The minimum atomic E-state index is -3.78. The maximum absolute atomic E-state index is 13.3. The standard InChI is InChI=1S/C29H28N4O5S2/c34-27(30-14-15-33-28(35)26(39-29(33)36)20-22-8-3-1-4-9-22)23-10-7-13-25(21-23)40(37,38)32-18-16-31(17-19-32)24-11-5-2-6-12-24/h1-13,20-21H,14-19H2,(H,30,34). The number of benzene rings is 3. The van der Waals surface area contributed by atoms with Gasteiger partial charge in [0.25, 0.3) is 17.1 Å². The van der Waals surface area contributed by atoms with E-state index in [0.29, 0.717) is 31.1 Å². The second-order valence-electron chi connectivity index (χ2n) is 9.25. The van der Waals surface area contributed by atoms with Gasteiger partial charge in [-0.25, -0.2) is 8.42 Å². The van der Waals surface area contributed by atoms with Gasteiger partial charge in [-0.3, -0.25) is 19.3 Å². The van der Waals surface area contributed by atoms with E-state index in [1.165, 1.54) is 28.6 Å². The lowest BCUT2D eigenvalue weighted by Gasteiger charge is -2.35. The monoisotopic (exact) mass is 576 g/mol. The van der Waals surface area contributed by atoms with Gasteiger partial charge in [-0.15, -0.1) is 0 Å². The Morgan fingerprint density at radius 1 is 0.875 bits per heavy atom. The summed E-state index contributed by atoms with van der Waals surface area (Å²) in [4.78, 5) is 41.5. The van der Waals surface area contributed by atoms with Crippen molar-refractivity contribution in [1.29, 1.82) is 0 Å². The topological polar surface area (TPSA) is 107 Å². The third kappa shape index (κ3) is 6.11. The van der Waals surface area contributed by atoms with Gasteiger partial charge in [0.05, 0.1) is 9.80 Å². The molecule has 1 N–H and O–H groups in total. The Morgan fingerprint density at radius 2 is 1.55 bits per heavy atom. The Morgan fingerprint density at radius 3 is 2.25 bits per heavy atom. The van der Waals surface area contributed by atoms with Gasteiger partial charge in [0.15, 0.2) is 0 Å². The van der Waals surface area contributed by atoms with Crippen LogP contribution >= 0.6 is 11.8 Å². The molecule has 9 nitrogen and oxygen atoms in total. The van der Waals surface area contributed by atoms with E-state index in [1.807, 2.05) is 60.7 Å². The van der Waals surface area contributed by atoms with Gasteiger partial charge in [0, 0.05) is 50.5 Å². The number of nitrogens with one attached hydrogen (secondary N) is 1. The van der Waals surface area contributed by atoms with Crippen LogP contribution in [0.3, 0.4) is 0 Å². The van der Waals surface area contributed by atoms with Crippen LogP contribution in [0.2, 0.25) is 0 Å². The molecule has 0 radical (unpaired) electrons. The number of rotatable bonds is 8. The molecule has 5 rings (SSSR count). The summed E-state index contributed by atoms with van der Waals surface area (Å²) in [6.45, 7) is 1.85. The lowest BCUT2D eigenvalue weighted by Crippen LogP contribution is -2.48. The number of hydrogen-bond donors (Lipinski definition) is 1. The quantitative estimate of drug-likeness (QED) is 0.408. The highest BCUT2D eigenvalue weighted by Gasteiger charge is 2.35. The molecule has 0 unspecified atom stereocenters. The first-order chi connectivity index (χ1) is 19.3. The molecule has 206 valence electrons. The van der Waals surface area contributed by atoms with Gasteiger partial charge < -0.3 is 10.2 Å². The molecule has 2 aliphatic rings. The van der Waals surface area contributed by atoms with Crippen LogP contribution in [0, 0.1) is 0 Å². The Balaban J connectivity index is 1.17. The van der Waals surface area contributed by atoms with Crippen LogP contribution in [0.25, 0.3) is 6.08 Å². The Kier molecular flexibility index (Phi) is 8.34. The maximum Gasteiger partial charge on any atom is 0.293 e. The van der Waals surface area contributed by atoms with Crippen LogP contribution in [-0.4, -0.2) is 73.9 Å². The fourth-order valence-electron chi connectivity index (χ4n) is 4.55. The average molecular weight is 577 g/mol. The zero-order chi connectivity index (χ0) is 28.1. The molecule has 0 saturated carbocycles. The summed E-state index contributed by atoms with van der Waals surface area (Å²) in [6.07, 6.45) is 1.66. The number of sulfonamides is 1. The number of anilines is 1. The van der Waals surface area contributed by atoms with E-state index in [0.717, 1.165) is 27.9 Å². The Labute approximate surface area is 237 Å². The summed E-state index contributed by atoms with van der Waals surface area (Å²) >= 11 is 0.860. The fraction of sp³-hybridized carbons (Fsp3) is 0.207. The van der Waals surface area contributed by atoms with E-state index in [9.17, 15) is 22.8 Å². The van der Waals surface area contributed by atoms with Crippen molar-refractivity contribution in [3.63, 3.8) is 0 Å². The molecule has 2 heterocycles. The number of para-hydroxylation sites is 1. The van der Waals surface area contributed by atoms with E-state index in [2.05, 4.69) is 10.2 Å². The van der Waals surface area contributed by atoms with Crippen LogP contribution in [0.5, 0.6) is 0 Å². The number of thioether (sulfide) groups is 1. The number of carbonyl (C=O) groups excluding carboxylic acids is 3. The lowest BCUT2D eigenvalue weighted by atomic mass is 10.2. The van der Waals surface area contributed by atoms with E-state index < -0.39 is 27.1 Å². The number of hydrogen-bond acceptors (Lipinski definition) is 7. The molecule has 2 aliphatic heterocycles. The zero-order valence-electron chi connectivity index (χ0n) is 21.6. The first kappa shape index (κ1) is 27.6. The first-order valence-electron chi connectivity index (χ1n) is 12.8. The van der Waals surface area contributed by atoms with Crippen LogP contribution in [0.4, 0.5) is 10.5 Å². The van der Waals surface area contributed by atoms with Crippen molar-refractivity contribution in [1.82, 2.24) is 14.5 Å². The summed E-state index contributed by atoms with van der Waals surface area (Å²) < 4.78 is 28.1. The van der Waals surface area contributed by atoms with Gasteiger partial charge in [-0.05, 0) is 53.7 Å². The van der Waals surface area contributed by atoms with E-state index in [4.69, 9.17) is 0 Å². The van der Waals surface area contributed by atoms with Crippen molar-refractivity contribution in [2.45, 2.75) is 4.90 Å². The van der Waals surface area contributed by atoms with Crippen molar-refractivity contribution in [2.75, 3.05) is 44.2 Å². The summed E-state index contributed by atoms with van der Waals surface area (Å²) in [5.41, 5.74) is 2.05. The normalized spacial score (nSPS) is 17.4.